The number of hydrogen-bond acceptors (Lipinski definition) is 5. The maximum absolute atomic E-state index is 11.3. The van der Waals surface area contributed by atoms with Crippen LogP contribution in [0.5, 0.6) is 0 Å². The van der Waals surface area contributed by atoms with Crippen molar-refractivity contribution in [3.8, 4) is 0 Å². The van der Waals surface area contributed by atoms with Crippen molar-refractivity contribution >= 4 is 11.9 Å². The highest BCUT2D eigenvalue weighted by Gasteiger charge is 2.20. The van der Waals surface area contributed by atoms with Crippen LogP contribution in [-0.4, -0.2) is 55.0 Å². The summed E-state index contributed by atoms with van der Waals surface area (Å²) in [5, 5.41) is 11.1. The molecule has 0 saturated heterocycles. The standard InChI is InChI=1S/C13H26N2O5/c1-10(8-15-11(16)4-5-12(17)18)19-9-13(2,3)20-7-6-14/h10H,4-9,14H2,1-3H3,(H,15,16)(H,17,18). The number of aliphatic carboxylic acids is 1. The zero-order valence-electron chi connectivity index (χ0n) is 12.5. The van der Waals surface area contributed by atoms with Gasteiger partial charge in [-0.2, -0.15) is 0 Å². The van der Waals surface area contributed by atoms with Crippen LogP contribution < -0.4 is 11.1 Å². The molecule has 1 unspecified atom stereocenters. The number of hydrogen-bond donors (Lipinski definition) is 3. The van der Waals surface area contributed by atoms with Crippen molar-refractivity contribution in [2.24, 2.45) is 5.73 Å². The first-order chi connectivity index (χ1) is 9.26. The minimum Gasteiger partial charge on any atom is -0.481 e. The molecule has 1 amide bonds. The lowest BCUT2D eigenvalue weighted by atomic mass is 10.1. The Morgan fingerprint density at radius 3 is 2.55 bits per heavy atom. The maximum atomic E-state index is 11.3. The Balaban J connectivity index is 3.80. The lowest BCUT2D eigenvalue weighted by Crippen LogP contribution is -2.38. The van der Waals surface area contributed by atoms with Crippen molar-refractivity contribution in [2.45, 2.75) is 45.3 Å². The Bertz CT molecular complexity index is 307. The third-order valence-electron chi connectivity index (χ3n) is 2.48. The van der Waals surface area contributed by atoms with Crippen LogP contribution in [0.1, 0.15) is 33.6 Å². The number of nitrogens with two attached hydrogens (primary N) is 1. The summed E-state index contributed by atoms with van der Waals surface area (Å²) in [5.41, 5.74) is 4.94. The van der Waals surface area contributed by atoms with E-state index in [0.29, 0.717) is 26.3 Å². The van der Waals surface area contributed by atoms with Gasteiger partial charge in [0.25, 0.3) is 0 Å². The third-order valence-corrected chi connectivity index (χ3v) is 2.48. The molecular weight excluding hydrogens is 264 g/mol. The van der Waals surface area contributed by atoms with Crippen LogP contribution in [0.3, 0.4) is 0 Å². The molecule has 0 spiro atoms. The van der Waals surface area contributed by atoms with Crippen molar-refractivity contribution in [1.82, 2.24) is 5.32 Å². The number of ether oxygens (including phenoxy) is 2. The third kappa shape index (κ3) is 10.7. The summed E-state index contributed by atoms with van der Waals surface area (Å²) in [6.45, 7) is 7.29. The van der Waals surface area contributed by atoms with Gasteiger partial charge >= 0.3 is 5.97 Å². The smallest absolute Gasteiger partial charge is 0.303 e. The van der Waals surface area contributed by atoms with Crippen LogP contribution in [0.2, 0.25) is 0 Å². The second kappa shape index (κ2) is 9.68. The topological polar surface area (TPSA) is 111 Å². The van der Waals surface area contributed by atoms with E-state index in [2.05, 4.69) is 5.32 Å². The second-order valence-electron chi connectivity index (χ2n) is 5.22. The van der Waals surface area contributed by atoms with Gasteiger partial charge in [-0.25, -0.2) is 0 Å². The van der Waals surface area contributed by atoms with Gasteiger partial charge < -0.3 is 25.6 Å². The molecule has 0 aliphatic carbocycles. The summed E-state index contributed by atoms with van der Waals surface area (Å²) in [6.07, 6.45) is -0.363. The molecule has 118 valence electrons. The number of carboxylic acid groups (broad SMARTS) is 1. The van der Waals surface area contributed by atoms with Crippen molar-refractivity contribution in [1.29, 1.82) is 0 Å². The summed E-state index contributed by atoms with van der Waals surface area (Å²) in [5.74, 6) is -1.27. The molecule has 0 radical (unpaired) electrons. The quantitative estimate of drug-likeness (QED) is 0.498. The minimum absolute atomic E-state index is 0.0207. The Morgan fingerprint density at radius 2 is 2.00 bits per heavy atom. The number of nitrogens with one attached hydrogen (secondary N) is 1. The first-order valence-corrected chi connectivity index (χ1v) is 6.71. The first-order valence-electron chi connectivity index (χ1n) is 6.71. The van der Waals surface area contributed by atoms with Crippen LogP contribution >= 0.6 is 0 Å². The predicted octanol–water partition coefficient (Wildman–Crippen LogP) is 0.126. The Kier molecular flexibility index (Phi) is 9.11. The van der Waals surface area contributed by atoms with Crippen molar-refractivity contribution in [2.75, 3.05) is 26.3 Å². The van der Waals surface area contributed by atoms with Crippen molar-refractivity contribution in [3.05, 3.63) is 0 Å². The molecule has 1 atom stereocenters. The summed E-state index contributed by atoms with van der Waals surface area (Å²) in [6, 6.07) is 0. The molecular formula is C13H26N2O5. The summed E-state index contributed by atoms with van der Waals surface area (Å²) in [4.78, 5) is 21.6. The number of carbonyl (C=O) groups excluding carboxylic acids is 1. The van der Waals surface area contributed by atoms with Gasteiger partial charge in [0.2, 0.25) is 5.91 Å². The Hall–Kier alpha value is -1.18. The van der Waals surface area contributed by atoms with E-state index in [0.717, 1.165) is 0 Å². The fraction of sp³-hybridized carbons (Fsp3) is 0.846. The highest BCUT2D eigenvalue weighted by molar-refractivity contribution is 5.80. The number of rotatable bonds is 11. The van der Waals surface area contributed by atoms with Gasteiger partial charge in [-0.05, 0) is 20.8 Å². The largest absolute Gasteiger partial charge is 0.481 e. The zero-order chi connectivity index (χ0) is 15.6. The van der Waals surface area contributed by atoms with E-state index in [1.54, 1.807) is 0 Å². The van der Waals surface area contributed by atoms with E-state index in [-0.39, 0.29) is 24.9 Å². The molecule has 0 heterocycles. The summed E-state index contributed by atoms with van der Waals surface area (Å²) in [7, 11) is 0. The SMILES string of the molecule is CC(CNC(=O)CCC(=O)O)OCC(C)(C)OCCN. The van der Waals surface area contributed by atoms with E-state index in [9.17, 15) is 9.59 Å². The number of carbonyl (C=O) groups is 2. The van der Waals surface area contributed by atoms with E-state index in [1.165, 1.54) is 0 Å². The molecule has 0 aliphatic heterocycles. The lowest BCUT2D eigenvalue weighted by molar-refractivity contribution is -0.139. The molecule has 0 bridgehead atoms. The number of amides is 1. The normalized spacial score (nSPS) is 13.0. The Labute approximate surface area is 119 Å². The molecule has 7 heteroatoms. The van der Waals surface area contributed by atoms with Gasteiger partial charge in [0.1, 0.15) is 0 Å². The van der Waals surface area contributed by atoms with Crippen LogP contribution in [-0.2, 0) is 19.1 Å². The van der Waals surface area contributed by atoms with Crippen LogP contribution in [0, 0.1) is 0 Å². The number of carboxylic acids is 1. The van der Waals surface area contributed by atoms with E-state index < -0.39 is 11.6 Å². The fourth-order valence-corrected chi connectivity index (χ4v) is 1.35. The molecule has 0 aliphatic rings. The average molecular weight is 290 g/mol. The molecule has 0 aromatic heterocycles. The van der Waals surface area contributed by atoms with Crippen LogP contribution in [0.25, 0.3) is 0 Å². The maximum Gasteiger partial charge on any atom is 0.303 e. The molecule has 4 N–H and O–H groups in total. The van der Waals surface area contributed by atoms with Crippen LogP contribution in [0.15, 0.2) is 0 Å². The van der Waals surface area contributed by atoms with Gasteiger partial charge in [0.15, 0.2) is 0 Å². The van der Waals surface area contributed by atoms with Gasteiger partial charge in [-0.1, -0.05) is 0 Å². The van der Waals surface area contributed by atoms with Gasteiger partial charge in [0.05, 0.1) is 31.3 Å². The monoisotopic (exact) mass is 290 g/mol. The average Bonchev–Trinajstić information content (AvgIpc) is 2.38. The van der Waals surface area contributed by atoms with Crippen LogP contribution in [0.4, 0.5) is 0 Å². The minimum atomic E-state index is -0.983. The summed E-state index contributed by atoms with van der Waals surface area (Å²) >= 11 is 0. The van der Waals surface area contributed by atoms with Gasteiger partial charge in [-0.3, -0.25) is 9.59 Å². The summed E-state index contributed by atoms with van der Waals surface area (Å²) < 4.78 is 11.1. The van der Waals surface area contributed by atoms with Gasteiger partial charge in [0, 0.05) is 19.5 Å². The van der Waals surface area contributed by atoms with E-state index in [1.807, 2.05) is 20.8 Å². The van der Waals surface area contributed by atoms with Gasteiger partial charge in [-0.15, -0.1) is 0 Å². The second-order valence-corrected chi connectivity index (χ2v) is 5.22. The predicted molar refractivity (Wildman–Crippen MR) is 74.4 cm³/mol. The molecule has 0 rings (SSSR count). The highest BCUT2D eigenvalue weighted by Crippen LogP contribution is 2.10. The van der Waals surface area contributed by atoms with E-state index >= 15 is 0 Å². The molecule has 0 fully saturated rings. The first kappa shape index (κ1) is 18.8. The van der Waals surface area contributed by atoms with Crippen molar-refractivity contribution < 1.29 is 24.2 Å². The zero-order valence-corrected chi connectivity index (χ0v) is 12.5. The molecule has 0 aromatic carbocycles. The fourth-order valence-electron chi connectivity index (χ4n) is 1.35. The molecule has 20 heavy (non-hydrogen) atoms. The van der Waals surface area contributed by atoms with E-state index in [4.69, 9.17) is 20.3 Å². The molecule has 0 aromatic rings. The highest BCUT2D eigenvalue weighted by atomic mass is 16.5. The lowest BCUT2D eigenvalue weighted by Gasteiger charge is -2.27. The Morgan fingerprint density at radius 1 is 1.35 bits per heavy atom. The molecule has 0 saturated carbocycles. The van der Waals surface area contributed by atoms with Crippen molar-refractivity contribution in [3.63, 3.8) is 0 Å². The molecule has 7 nitrogen and oxygen atoms in total.